The van der Waals surface area contributed by atoms with E-state index in [1.165, 1.54) is 12.1 Å². The maximum absolute atomic E-state index is 14.0. The summed E-state index contributed by atoms with van der Waals surface area (Å²) in [7, 11) is 1.90. The van der Waals surface area contributed by atoms with E-state index in [1.807, 2.05) is 31.3 Å². The first-order valence-corrected chi connectivity index (χ1v) is 8.97. The molecular weight excluding hydrogens is 374 g/mol. The molecule has 0 aliphatic rings. The molecule has 3 rings (SSSR count). The highest BCUT2D eigenvalue weighted by atomic mass is 19.2. The second-order valence-electron chi connectivity index (χ2n) is 6.47. The van der Waals surface area contributed by atoms with Crippen LogP contribution in [0.25, 0.3) is 11.1 Å². The third kappa shape index (κ3) is 4.39. The molecule has 1 heterocycles. The predicted molar refractivity (Wildman–Crippen MR) is 111 cm³/mol. The van der Waals surface area contributed by atoms with Gasteiger partial charge >= 0.3 is 0 Å². The molecule has 1 unspecified atom stereocenters. The highest BCUT2D eigenvalue weighted by Crippen LogP contribution is 2.26. The zero-order valence-electron chi connectivity index (χ0n) is 16.1. The fraction of sp³-hybridized carbons (Fsp3) is 0.143. The van der Waals surface area contributed by atoms with Crippen LogP contribution in [0.15, 0.2) is 59.7 Å². The van der Waals surface area contributed by atoms with Crippen LogP contribution < -0.4 is 22.3 Å². The third-order valence-electron chi connectivity index (χ3n) is 4.65. The number of rotatable bonds is 5. The lowest BCUT2D eigenvalue weighted by molar-refractivity contribution is 0.510. The van der Waals surface area contributed by atoms with Crippen molar-refractivity contribution in [3.8, 4) is 11.1 Å². The lowest BCUT2D eigenvalue weighted by Gasteiger charge is -2.13. The van der Waals surface area contributed by atoms with Gasteiger partial charge in [0.05, 0.1) is 5.56 Å². The molecule has 1 atom stereocenters. The van der Waals surface area contributed by atoms with E-state index < -0.39 is 11.6 Å². The molecule has 0 amide bonds. The average Bonchev–Trinajstić information content (AvgIpc) is 2.75. The second kappa shape index (κ2) is 8.76. The number of pyridine rings is 1. The molecule has 0 aliphatic carbocycles. The number of hydrogen-bond donors (Lipinski definition) is 4. The summed E-state index contributed by atoms with van der Waals surface area (Å²) in [6, 6.07) is 13.7. The number of halogens is 2. The van der Waals surface area contributed by atoms with Crippen LogP contribution >= 0.6 is 0 Å². The SMILES string of the molecule is CNC(C)c1ccc(-c2cnc(N)c(C(=Nc3cccc(F)c3F)NN)c2)cc1. The van der Waals surface area contributed by atoms with Crippen molar-refractivity contribution in [3.05, 3.63) is 77.5 Å². The van der Waals surface area contributed by atoms with Gasteiger partial charge in [-0.3, -0.25) is 0 Å². The van der Waals surface area contributed by atoms with E-state index in [0.29, 0.717) is 5.56 Å². The van der Waals surface area contributed by atoms with Crippen molar-refractivity contribution in [1.29, 1.82) is 0 Å². The van der Waals surface area contributed by atoms with Crippen LogP contribution in [0.4, 0.5) is 20.3 Å². The first-order valence-electron chi connectivity index (χ1n) is 8.97. The van der Waals surface area contributed by atoms with Crippen LogP contribution in [-0.4, -0.2) is 17.9 Å². The quantitative estimate of drug-likeness (QED) is 0.229. The zero-order valence-corrected chi connectivity index (χ0v) is 16.1. The summed E-state index contributed by atoms with van der Waals surface area (Å²) in [5, 5.41) is 3.19. The van der Waals surface area contributed by atoms with Gasteiger partial charge in [-0.2, -0.15) is 0 Å². The lowest BCUT2D eigenvalue weighted by atomic mass is 10.0. The first kappa shape index (κ1) is 20.4. The molecule has 29 heavy (non-hydrogen) atoms. The van der Waals surface area contributed by atoms with Crippen LogP contribution in [0.2, 0.25) is 0 Å². The van der Waals surface area contributed by atoms with Gasteiger partial charge < -0.3 is 16.5 Å². The van der Waals surface area contributed by atoms with Crippen LogP contribution in [0.3, 0.4) is 0 Å². The van der Waals surface area contributed by atoms with Crippen molar-refractivity contribution in [2.75, 3.05) is 12.8 Å². The predicted octanol–water partition coefficient (Wildman–Crippen LogP) is 3.43. The van der Waals surface area contributed by atoms with Gasteiger partial charge in [-0.05, 0) is 43.3 Å². The highest BCUT2D eigenvalue weighted by molar-refractivity contribution is 6.04. The number of nitrogens with zero attached hydrogens (tertiary/aromatic N) is 2. The van der Waals surface area contributed by atoms with Crippen molar-refractivity contribution < 1.29 is 8.78 Å². The van der Waals surface area contributed by atoms with E-state index in [-0.39, 0.29) is 23.4 Å². The summed E-state index contributed by atoms with van der Waals surface area (Å²) in [5.41, 5.74) is 11.4. The Bertz CT molecular complexity index is 1030. The molecule has 0 saturated carbocycles. The monoisotopic (exact) mass is 396 g/mol. The first-order chi connectivity index (χ1) is 13.9. The summed E-state index contributed by atoms with van der Waals surface area (Å²) in [5.74, 6) is 3.73. The number of amidine groups is 1. The second-order valence-corrected chi connectivity index (χ2v) is 6.47. The van der Waals surface area contributed by atoms with Gasteiger partial charge in [0.25, 0.3) is 0 Å². The van der Waals surface area contributed by atoms with E-state index in [9.17, 15) is 8.78 Å². The molecule has 2 aromatic carbocycles. The number of anilines is 1. The smallest absolute Gasteiger partial charge is 0.184 e. The van der Waals surface area contributed by atoms with Crippen LogP contribution in [0.1, 0.15) is 24.1 Å². The van der Waals surface area contributed by atoms with Crippen molar-refractivity contribution in [1.82, 2.24) is 15.7 Å². The molecule has 3 aromatic rings. The van der Waals surface area contributed by atoms with Gasteiger partial charge in [-0.1, -0.05) is 30.3 Å². The Labute approximate surface area is 167 Å². The average molecular weight is 396 g/mol. The number of aromatic nitrogens is 1. The number of aliphatic imine (C=N–C) groups is 1. The van der Waals surface area contributed by atoms with Gasteiger partial charge in [0.15, 0.2) is 17.5 Å². The van der Waals surface area contributed by atoms with E-state index in [0.717, 1.165) is 22.8 Å². The molecule has 1 aromatic heterocycles. The molecule has 8 heteroatoms. The van der Waals surface area contributed by atoms with Gasteiger partial charge in [-0.25, -0.2) is 24.6 Å². The highest BCUT2D eigenvalue weighted by Gasteiger charge is 2.13. The fourth-order valence-corrected chi connectivity index (χ4v) is 2.82. The number of hydrazine groups is 1. The Kier molecular flexibility index (Phi) is 6.16. The molecule has 6 N–H and O–H groups in total. The van der Waals surface area contributed by atoms with Crippen LogP contribution in [0, 0.1) is 11.6 Å². The lowest BCUT2D eigenvalue weighted by Crippen LogP contribution is -2.31. The number of nitrogen functional groups attached to an aromatic ring is 1. The Hall–Kier alpha value is -3.36. The normalized spacial score (nSPS) is 12.7. The van der Waals surface area contributed by atoms with Gasteiger partial charge in [0, 0.05) is 17.8 Å². The summed E-state index contributed by atoms with van der Waals surface area (Å²) in [4.78, 5) is 8.29. The summed E-state index contributed by atoms with van der Waals surface area (Å²) < 4.78 is 27.5. The van der Waals surface area contributed by atoms with E-state index in [2.05, 4.69) is 27.6 Å². The molecular formula is C21H22F2N6. The van der Waals surface area contributed by atoms with Gasteiger partial charge in [0.2, 0.25) is 0 Å². The Morgan fingerprint density at radius 3 is 2.48 bits per heavy atom. The molecule has 0 saturated heterocycles. The standard InChI is InChI=1S/C21H22F2N6/c1-12(26-2)13-6-8-14(9-7-13)15-10-16(20(24)27-11-15)21(29-25)28-18-5-3-4-17(22)19(18)23/h3-12,26H,25H2,1-2H3,(H2,24,27)(H,28,29). The minimum Gasteiger partial charge on any atom is -0.383 e. The van der Waals surface area contributed by atoms with Crippen molar-refractivity contribution in [3.63, 3.8) is 0 Å². The Balaban J connectivity index is 2.01. The largest absolute Gasteiger partial charge is 0.383 e. The summed E-state index contributed by atoms with van der Waals surface area (Å²) in [6.07, 6.45) is 1.63. The molecule has 6 nitrogen and oxygen atoms in total. The van der Waals surface area contributed by atoms with Crippen molar-refractivity contribution in [2.45, 2.75) is 13.0 Å². The number of nitrogens with one attached hydrogen (secondary N) is 2. The number of benzene rings is 2. The van der Waals surface area contributed by atoms with E-state index in [1.54, 1.807) is 12.3 Å². The van der Waals surface area contributed by atoms with Crippen LogP contribution in [0.5, 0.6) is 0 Å². The molecule has 0 radical (unpaired) electrons. The van der Waals surface area contributed by atoms with Crippen molar-refractivity contribution >= 4 is 17.3 Å². The number of hydrogen-bond acceptors (Lipinski definition) is 5. The van der Waals surface area contributed by atoms with Gasteiger partial charge in [0.1, 0.15) is 11.5 Å². The Morgan fingerprint density at radius 2 is 1.83 bits per heavy atom. The molecule has 0 bridgehead atoms. The number of nitrogens with two attached hydrogens (primary N) is 2. The maximum atomic E-state index is 14.0. The van der Waals surface area contributed by atoms with Crippen LogP contribution in [-0.2, 0) is 0 Å². The molecule has 0 spiro atoms. The van der Waals surface area contributed by atoms with Crippen molar-refractivity contribution in [2.24, 2.45) is 10.8 Å². The third-order valence-corrected chi connectivity index (χ3v) is 4.65. The van der Waals surface area contributed by atoms with E-state index >= 15 is 0 Å². The molecule has 0 fully saturated rings. The zero-order chi connectivity index (χ0) is 21.0. The topological polar surface area (TPSA) is 101 Å². The molecule has 0 aliphatic heterocycles. The maximum Gasteiger partial charge on any atom is 0.184 e. The van der Waals surface area contributed by atoms with Gasteiger partial charge in [-0.15, -0.1) is 0 Å². The fourth-order valence-electron chi connectivity index (χ4n) is 2.82. The molecule has 150 valence electrons. The Morgan fingerprint density at radius 1 is 1.10 bits per heavy atom. The summed E-state index contributed by atoms with van der Waals surface area (Å²) >= 11 is 0. The minimum absolute atomic E-state index is 0.0711. The van der Waals surface area contributed by atoms with E-state index in [4.69, 9.17) is 11.6 Å². The minimum atomic E-state index is -1.07. The summed E-state index contributed by atoms with van der Waals surface area (Å²) in [6.45, 7) is 2.07.